The Morgan fingerprint density at radius 3 is 2.43 bits per heavy atom. The summed E-state index contributed by atoms with van der Waals surface area (Å²) in [5, 5.41) is 0. The summed E-state index contributed by atoms with van der Waals surface area (Å²) in [6.45, 7) is 1.46. The fourth-order valence-corrected chi connectivity index (χ4v) is 2.97. The van der Waals surface area contributed by atoms with Gasteiger partial charge in [0.05, 0.1) is 12.1 Å². The van der Waals surface area contributed by atoms with E-state index in [1.807, 2.05) is 30.3 Å². The number of benzene rings is 1. The molecule has 1 saturated heterocycles. The van der Waals surface area contributed by atoms with E-state index in [0.717, 1.165) is 5.56 Å². The number of carbonyl (C=O) groups is 2. The van der Waals surface area contributed by atoms with E-state index >= 15 is 0 Å². The van der Waals surface area contributed by atoms with Crippen molar-refractivity contribution in [3.63, 3.8) is 0 Å². The number of carbonyl (C=O) groups excluding carboxylic acids is 2. The molecule has 0 unspecified atom stereocenters. The molecule has 23 heavy (non-hydrogen) atoms. The van der Waals surface area contributed by atoms with E-state index in [0.29, 0.717) is 37.3 Å². The average Bonchev–Trinajstić information content (AvgIpc) is 3.10. The molecule has 0 bridgehead atoms. The first kappa shape index (κ1) is 15.5. The number of ketones is 1. The lowest BCUT2D eigenvalue weighted by Gasteiger charge is -2.31. The van der Waals surface area contributed by atoms with Crippen LogP contribution in [0, 0.1) is 5.92 Å². The zero-order chi connectivity index (χ0) is 16.2. The van der Waals surface area contributed by atoms with Crippen LogP contribution in [0.3, 0.4) is 0 Å². The minimum atomic E-state index is -0.0564. The van der Waals surface area contributed by atoms with Gasteiger partial charge in [-0.15, -0.1) is 0 Å². The number of nitrogens with zero attached hydrogens (tertiary/aromatic N) is 1. The summed E-state index contributed by atoms with van der Waals surface area (Å²) in [4.78, 5) is 26.6. The highest BCUT2D eigenvalue weighted by atomic mass is 16.3. The van der Waals surface area contributed by atoms with Crippen molar-refractivity contribution in [2.24, 2.45) is 11.7 Å². The molecule has 0 spiro atoms. The number of rotatable bonds is 4. The van der Waals surface area contributed by atoms with E-state index in [2.05, 4.69) is 0 Å². The van der Waals surface area contributed by atoms with Crippen LogP contribution in [-0.2, 0) is 6.54 Å². The third-order valence-electron chi connectivity index (χ3n) is 4.31. The van der Waals surface area contributed by atoms with Crippen LogP contribution in [0.1, 0.15) is 39.3 Å². The maximum Gasteiger partial charge on any atom is 0.257 e. The molecule has 5 heteroatoms. The largest absolute Gasteiger partial charge is 0.467 e. The first-order valence-electron chi connectivity index (χ1n) is 7.85. The maximum absolute atomic E-state index is 12.5. The molecule has 2 heterocycles. The zero-order valence-electron chi connectivity index (χ0n) is 12.9. The Hall–Kier alpha value is -2.40. The van der Waals surface area contributed by atoms with Crippen molar-refractivity contribution in [3.8, 4) is 0 Å². The third kappa shape index (κ3) is 3.35. The predicted molar refractivity (Wildman–Crippen MR) is 86.0 cm³/mol. The van der Waals surface area contributed by atoms with Crippen LogP contribution in [-0.4, -0.2) is 29.7 Å². The highest BCUT2D eigenvalue weighted by Gasteiger charge is 2.28. The van der Waals surface area contributed by atoms with Crippen LogP contribution < -0.4 is 5.73 Å². The van der Waals surface area contributed by atoms with Crippen LogP contribution >= 0.6 is 0 Å². The number of furan rings is 1. The van der Waals surface area contributed by atoms with E-state index in [9.17, 15) is 9.59 Å². The summed E-state index contributed by atoms with van der Waals surface area (Å²) in [7, 11) is 0. The molecule has 1 fully saturated rings. The summed E-state index contributed by atoms with van der Waals surface area (Å²) < 4.78 is 5.22. The van der Waals surface area contributed by atoms with Gasteiger partial charge in [0, 0.05) is 24.6 Å². The second kappa shape index (κ2) is 6.79. The molecule has 2 aromatic rings. The zero-order valence-corrected chi connectivity index (χ0v) is 12.9. The summed E-state index contributed by atoms with van der Waals surface area (Å²) in [5.74, 6) is 0.707. The third-order valence-corrected chi connectivity index (χ3v) is 4.31. The van der Waals surface area contributed by atoms with E-state index in [-0.39, 0.29) is 24.2 Å². The minimum absolute atomic E-state index is 0.00889. The highest BCUT2D eigenvalue weighted by molar-refractivity contribution is 5.98. The van der Waals surface area contributed by atoms with Crippen molar-refractivity contribution in [2.75, 3.05) is 13.1 Å². The molecule has 3 rings (SSSR count). The van der Waals surface area contributed by atoms with Crippen molar-refractivity contribution < 1.29 is 14.0 Å². The van der Waals surface area contributed by atoms with Crippen LogP contribution in [0.5, 0.6) is 0 Å². The molecule has 0 radical (unpaired) electrons. The van der Waals surface area contributed by atoms with Gasteiger partial charge in [-0.2, -0.15) is 0 Å². The highest BCUT2D eigenvalue weighted by Crippen LogP contribution is 2.23. The molecule has 0 saturated carbocycles. The Morgan fingerprint density at radius 1 is 1.13 bits per heavy atom. The molecule has 120 valence electrons. The number of likely N-dealkylation sites (tertiary alicyclic amines) is 1. The van der Waals surface area contributed by atoms with Gasteiger partial charge < -0.3 is 15.1 Å². The summed E-state index contributed by atoms with van der Waals surface area (Å²) in [6, 6.07) is 11.0. The van der Waals surface area contributed by atoms with Gasteiger partial charge in [0.2, 0.25) is 0 Å². The predicted octanol–water partition coefficient (Wildman–Crippen LogP) is 2.47. The smallest absolute Gasteiger partial charge is 0.257 e. The van der Waals surface area contributed by atoms with E-state index in [1.165, 1.54) is 6.26 Å². The van der Waals surface area contributed by atoms with Crippen molar-refractivity contribution >= 4 is 11.7 Å². The fourth-order valence-electron chi connectivity index (χ4n) is 2.97. The summed E-state index contributed by atoms with van der Waals surface area (Å²) in [5.41, 5.74) is 6.77. The molecule has 1 aliphatic rings. The van der Waals surface area contributed by atoms with Gasteiger partial charge in [-0.3, -0.25) is 9.59 Å². The second-order valence-electron chi connectivity index (χ2n) is 5.80. The second-order valence-corrected chi connectivity index (χ2v) is 5.80. The van der Waals surface area contributed by atoms with Crippen LogP contribution in [0.15, 0.2) is 47.1 Å². The molecule has 1 amide bonds. The molecule has 5 nitrogen and oxygen atoms in total. The van der Waals surface area contributed by atoms with Crippen LogP contribution in [0.4, 0.5) is 0 Å². The average molecular weight is 312 g/mol. The lowest BCUT2D eigenvalue weighted by Crippen LogP contribution is -2.40. The van der Waals surface area contributed by atoms with Crippen LogP contribution in [0.2, 0.25) is 0 Å². The lowest BCUT2D eigenvalue weighted by molar-refractivity contribution is 0.0649. The number of hydrogen-bond acceptors (Lipinski definition) is 4. The molecule has 1 aliphatic heterocycles. The molecule has 1 aromatic heterocycles. The normalized spacial score (nSPS) is 15.6. The monoisotopic (exact) mass is 312 g/mol. The van der Waals surface area contributed by atoms with E-state index in [1.54, 1.807) is 11.0 Å². The Morgan fingerprint density at radius 2 is 1.83 bits per heavy atom. The topological polar surface area (TPSA) is 76.5 Å². The van der Waals surface area contributed by atoms with Gasteiger partial charge in [-0.1, -0.05) is 30.3 Å². The molecular formula is C18H20N2O3. The van der Waals surface area contributed by atoms with Crippen molar-refractivity contribution in [1.82, 2.24) is 4.90 Å². The van der Waals surface area contributed by atoms with Gasteiger partial charge in [-0.25, -0.2) is 0 Å². The quantitative estimate of drug-likeness (QED) is 0.880. The number of piperidine rings is 1. The Kier molecular flexibility index (Phi) is 4.57. The van der Waals surface area contributed by atoms with Gasteiger partial charge in [0.25, 0.3) is 5.91 Å². The van der Waals surface area contributed by atoms with E-state index < -0.39 is 0 Å². The van der Waals surface area contributed by atoms with Crippen molar-refractivity contribution in [3.05, 3.63) is 59.5 Å². The molecular weight excluding hydrogens is 292 g/mol. The summed E-state index contributed by atoms with van der Waals surface area (Å²) >= 11 is 0. The SMILES string of the molecule is NCc1cc(C(=O)N2CCC(C(=O)c3ccccc3)CC2)co1. The first-order valence-corrected chi connectivity index (χ1v) is 7.85. The molecule has 1 aromatic carbocycles. The Labute approximate surface area is 135 Å². The standard InChI is InChI=1S/C18H20N2O3/c19-11-16-10-15(12-23-16)18(22)20-8-6-14(7-9-20)17(21)13-4-2-1-3-5-13/h1-5,10,12,14H,6-9,11,19H2. The first-order chi connectivity index (χ1) is 11.2. The number of hydrogen-bond donors (Lipinski definition) is 1. The number of Topliss-reactive ketones (excluding diaryl/α,β-unsaturated/α-hetero) is 1. The molecule has 0 atom stereocenters. The maximum atomic E-state index is 12.5. The van der Waals surface area contributed by atoms with E-state index in [4.69, 9.17) is 10.2 Å². The molecule has 2 N–H and O–H groups in total. The van der Waals surface area contributed by atoms with Crippen molar-refractivity contribution in [2.45, 2.75) is 19.4 Å². The number of amides is 1. The van der Waals surface area contributed by atoms with Gasteiger partial charge in [-0.05, 0) is 18.9 Å². The van der Waals surface area contributed by atoms with Gasteiger partial charge in [0.15, 0.2) is 5.78 Å². The van der Waals surface area contributed by atoms with Gasteiger partial charge in [0.1, 0.15) is 12.0 Å². The van der Waals surface area contributed by atoms with Crippen LogP contribution in [0.25, 0.3) is 0 Å². The van der Waals surface area contributed by atoms with Gasteiger partial charge >= 0.3 is 0 Å². The number of nitrogens with two attached hydrogens (primary N) is 1. The summed E-state index contributed by atoms with van der Waals surface area (Å²) in [6.07, 6.45) is 2.84. The van der Waals surface area contributed by atoms with Crippen molar-refractivity contribution in [1.29, 1.82) is 0 Å². The molecule has 0 aliphatic carbocycles. The minimum Gasteiger partial charge on any atom is -0.467 e. The Balaban J connectivity index is 1.60. The fraction of sp³-hybridized carbons (Fsp3) is 0.333. The Bertz CT molecular complexity index is 685. The lowest BCUT2D eigenvalue weighted by atomic mass is 9.89.